The van der Waals surface area contributed by atoms with Crippen LogP contribution in [-0.4, -0.2) is 25.9 Å². The monoisotopic (exact) mass is 308 g/mol. The molecule has 6 nitrogen and oxygen atoms in total. The summed E-state index contributed by atoms with van der Waals surface area (Å²) in [6.07, 6.45) is 4.45. The number of nitrogens with zero attached hydrogens (tertiary/aromatic N) is 1. The third-order valence-electron chi connectivity index (χ3n) is 2.97. The molecule has 1 aromatic carbocycles. The van der Waals surface area contributed by atoms with Crippen molar-refractivity contribution in [3.63, 3.8) is 0 Å². The standard InChI is InChI=1S/C14H16N2O4S/c1-11(17)13-5-2-6-14(8-13)21(18,19)16-7-3-4-12-9-15-20-10-12/h2,5-6,8-10,16H,3-4,7H2,1H3. The molecule has 0 saturated carbocycles. The predicted octanol–water partition coefficient (Wildman–Crippen LogP) is 1.79. The fraction of sp³-hybridized carbons (Fsp3) is 0.286. The molecule has 0 atom stereocenters. The highest BCUT2D eigenvalue weighted by Gasteiger charge is 2.14. The number of sulfonamides is 1. The van der Waals surface area contributed by atoms with E-state index in [1.807, 2.05) is 0 Å². The van der Waals surface area contributed by atoms with Crippen LogP contribution in [0.25, 0.3) is 0 Å². The minimum absolute atomic E-state index is 0.0974. The van der Waals surface area contributed by atoms with Crippen LogP contribution in [0.2, 0.25) is 0 Å². The lowest BCUT2D eigenvalue weighted by Crippen LogP contribution is -2.25. The lowest BCUT2D eigenvalue weighted by atomic mass is 10.2. The second-order valence-corrected chi connectivity index (χ2v) is 6.38. The molecule has 21 heavy (non-hydrogen) atoms. The molecular weight excluding hydrogens is 292 g/mol. The van der Waals surface area contributed by atoms with Gasteiger partial charge in [0.05, 0.1) is 11.1 Å². The Hall–Kier alpha value is -1.99. The predicted molar refractivity (Wildman–Crippen MR) is 76.5 cm³/mol. The van der Waals surface area contributed by atoms with E-state index in [0.717, 1.165) is 5.56 Å². The van der Waals surface area contributed by atoms with Crippen molar-refractivity contribution in [3.8, 4) is 0 Å². The Balaban J connectivity index is 1.95. The Labute approximate surface area is 123 Å². The number of benzene rings is 1. The molecule has 0 unspecified atom stereocenters. The Morgan fingerprint density at radius 3 is 2.86 bits per heavy atom. The summed E-state index contributed by atoms with van der Waals surface area (Å²) in [6.45, 7) is 1.70. The van der Waals surface area contributed by atoms with Gasteiger partial charge in [-0.2, -0.15) is 0 Å². The molecule has 1 heterocycles. The molecule has 1 N–H and O–H groups in total. The largest absolute Gasteiger partial charge is 0.364 e. The zero-order chi connectivity index (χ0) is 15.3. The van der Waals surface area contributed by atoms with E-state index in [2.05, 4.69) is 9.88 Å². The first-order valence-corrected chi connectivity index (χ1v) is 7.96. The molecule has 0 aliphatic heterocycles. The van der Waals surface area contributed by atoms with Crippen molar-refractivity contribution in [2.24, 2.45) is 0 Å². The fourth-order valence-electron chi connectivity index (χ4n) is 1.81. The van der Waals surface area contributed by atoms with Gasteiger partial charge in [0.2, 0.25) is 10.0 Å². The van der Waals surface area contributed by atoms with Gasteiger partial charge >= 0.3 is 0 Å². The average Bonchev–Trinajstić information content (AvgIpc) is 2.97. The Bertz CT molecular complexity index is 708. The lowest BCUT2D eigenvalue weighted by Gasteiger charge is -2.07. The van der Waals surface area contributed by atoms with E-state index in [1.165, 1.54) is 25.3 Å². The maximum atomic E-state index is 12.1. The van der Waals surface area contributed by atoms with Crippen LogP contribution in [-0.2, 0) is 16.4 Å². The lowest BCUT2D eigenvalue weighted by molar-refractivity contribution is 0.101. The van der Waals surface area contributed by atoms with Gasteiger partial charge in [-0.25, -0.2) is 13.1 Å². The van der Waals surface area contributed by atoms with Gasteiger partial charge in [0, 0.05) is 17.7 Å². The maximum Gasteiger partial charge on any atom is 0.240 e. The summed E-state index contributed by atoms with van der Waals surface area (Å²) < 4.78 is 31.4. The highest BCUT2D eigenvalue weighted by atomic mass is 32.2. The summed E-state index contributed by atoms with van der Waals surface area (Å²) in [5.41, 5.74) is 1.30. The van der Waals surface area contributed by atoms with E-state index in [1.54, 1.807) is 18.3 Å². The molecule has 0 amide bonds. The van der Waals surface area contributed by atoms with Crippen LogP contribution in [0.1, 0.15) is 29.3 Å². The summed E-state index contributed by atoms with van der Waals surface area (Å²) in [6, 6.07) is 6.00. The van der Waals surface area contributed by atoms with Gasteiger partial charge in [0.15, 0.2) is 5.78 Å². The minimum atomic E-state index is -3.60. The Morgan fingerprint density at radius 1 is 1.38 bits per heavy atom. The van der Waals surface area contributed by atoms with E-state index in [-0.39, 0.29) is 10.7 Å². The number of aromatic nitrogens is 1. The molecule has 0 aliphatic rings. The first kappa shape index (κ1) is 15.4. The molecule has 0 saturated heterocycles. The highest BCUT2D eigenvalue weighted by Crippen LogP contribution is 2.12. The fourth-order valence-corrected chi connectivity index (χ4v) is 2.93. The summed E-state index contributed by atoms with van der Waals surface area (Å²) in [7, 11) is -3.60. The van der Waals surface area contributed by atoms with E-state index in [4.69, 9.17) is 4.52 Å². The highest BCUT2D eigenvalue weighted by molar-refractivity contribution is 7.89. The van der Waals surface area contributed by atoms with E-state index < -0.39 is 10.0 Å². The van der Waals surface area contributed by atoms with Crippen LogP contribution < -0.4 is 4.72 Å². The van der Waals surface area contributed by atoms with Crippen molar-refractivity contribution in [1.29, 1.82) is 0 Å². The first-order chi connectivity index (χ1) is 9.99. The molecular formula is C14H16N2O4S. The smallest absolute Gasteiger partial charge is 0.240 e. The van der Waals surface area contributed by atoms with Gasteiger partial charge in [-0.1, -0.05) is 17.3 Å². The van der Waals surface area contributed by atoms with Gasteiger partial charge in [-0.05, 0) is 31.9 Å². The van der Waals surface area contributed by atoms with Crippen LogP contribution in [0.15, 0.2) is 46.1 Å². The number of nitrogens with one attached hydrogen (secondary N) is 1. The molecule has 2 aromatic rings. The minimum Gasteiger partial charge on any atom is -0.364 e. The van der Waals surface area contributed by atoms with Crippen molar-refractivity contribution in [1.82, 2.24) is 9.88 Å². The zero-order valence-corrected chi connectivity index (χ0v) is 12.4. The Kier molecular flexibility index (Phi) is 4.87. The van der Waals surface area contributed by atoms with Crippen molar-refractivity contribution < 1.29 is 17.7 Å². The number of hydrogen-bond acceptors (Lipinski definition) is 5. The quantitative estimate of drug-likeness (QED) is 0.622. The van der Waals surface area contributed by atoms with Crippen LogP contribution in [0, 0.1) is 0 Å². The first-order valence-electron chi connectivity index (χ1n) is 6.48. The SMILES string of the molecule is CC(=O)c1cccc(S(=O)(=O)NCCCc2cnoc2)c1. The van der Waals surface area contributed by atoms with Crippen molar-refractivity contribution in [2.75, 3.05) is 6.54 Å². The summed E-state index contributed by atoms with van der Waals surface area (Å²) in [5.74, 6) is -0.167. The molecule has 0 aliphatic carbocycles. The van der Waals surface area contributed by atoms with Crippen molar-refractivity contribution >= 4 is 15.8 Å². The summed E-state index contributed by atoms with van der Waals surface area (Å²) in [5, 5.41) is 3.58. The van der Waals surface area contributed by atoms with Gasteiger partial charge in [-0.15, -0.1) is 0 Å². The average molecular weight is 308 g/mol. The number of carbonyl (C=O) groups is 1. The number of rotatable bonds is 7. The molecule has 0 fully saturated rings. The van der Waals surface area contributed by atoms with Gasteiger partial charge in [0.25, 0.3) is 0 Å². The number of hydrogen-bond donors (Lipinski definition) is 1. The molecule has 0 spiro atoms. The number of ketones is 1. The number of aryl methyl sites for hydroxylation is 1. The Morgan fingerprint density at radius 2 is 2.19 bits per heavy atom. The van der Waals surface area contributed by atoms with Gasteiger partial charge in [0.1, 0.15) is 6.26 Å². The number of Topliss-reactive ketones (excluding diaryl/α,β-unsaturated/α-hetero) is 1. The van der Waals surface area contributed by atoms with E-state index >= 15 is 0 Å². The van der Waals surface area contributed by atoms with Crippen molar-refractivity contribution in [3.05, 3.63) is 47.9 Å². The molecule has 7 heteroatoms. The zero-order valence-electron chi connectivity index (χ0n) is 11.6. The van der Waals surface area contributed by atoms with Crippen LogP contribution in [0.4, 0.5) is 0 Å². The summed E-state index contributed by atoms with van der Waals surface area (Å²) >= 11 is 0. The number of carbonyl (C=O) groups excluding carboxylic acids is 1. The van der Waals surface area contributed by atoms with Crippen LogP contribution in [0.5, 0.6) is 0 Å². The molecule has 2 rings (SSSR count). The van der Waals surface area contributed by atoms with E-state index in [9.17, 15) is 13.2 Å². The van der Waals surface area contributed by atoms with Crippen LogP contribution in [0.3, 0.4) is 0 Å². The van der Waals surface area contributed by atoms with Crippen LogP contribution >= 0.6 is 0 Å². The summed E-state index contributed by atoms with van der Waals surface area (Å²) in [4.78, 5) is 11.4. The maximum absolute atomic E-state index is 12.1. The topological polar surface area (TPSA) is 89.3 Å². The second-order valence-electron chi connectivity index (χ2n) is 4.62. The third kappa shape index (κ3) is 4.24. The molecule has 112 valence electrons. The van der Waals surface area contributed by atoms with Gasteiger partial charge < -0.3 is 4.52 Å². The third-order valence-corrected chi connectivity index (χ3v) is 4.43. The second kappa shape index (κ2) is 6.64. The van der Waals surface area contributed by atoms with Crippen molar-refractivity contribution in [2.45, 2.75) is 24.7 Å². The molecule has 0 radical (unpaired) electrons. The molecule has 0 bridgehead atoms. The molecule has 1 aromatic heterocycles. The van der Waals surface area contributed by atoms with E-state index in [0.29, 0.717) is 24.9 Å². The normalized spacial score (nSPS) is 11.5. The van der Waals surface area contributed by atoms with Gasteiger partial charge in [-0.3, -0.25) is 4.79 Å².